The van der Waals surface area contributed by atoms with Gasteiger partial charge in [0, 0.05) is 19.8 Å². The Balaban J connectivity index is 2.86. The lowest BCUT2D eigenvalue weighted by Crippen LogP contribution is -2.72. The topological polar surface area (TPSA) is 55.4 Å². The summed E-state index contributed by atoms with van der Waals surface area (Å²) in [6, 6.07) is 0. The summed E-state index contributed by atoms with van der Waals surface area (Å²) in [5.74, 6) is 0. The Hall–Kier alpha value is 0.411. The molecule has 0 atom stereocenters. The second-order valence-electron chi connectivity index (χ2n) is 5.62. The van der Waals surface area contributed by atoms with E-state index in [9.17, 15) is 0 Å². The largest absolute Gasteiger partial charge is 0.413 e. The van der Waals surface area contributed by atoms with Crippen molar-refractivity contribution in [3.8, 4) is 0 Å². The molecule has 0 spiro atoms. The Morgan fingerprint density at radius 3 is 1.00 bits per heavy atom. The van der Waals surface area contributed by atoms with E-state index in [1.54, 1.807) is 0 Å². The van der Waals surface area contributed by atoms with Gasteiger partial charge in [0.25, 0.3) is 0 Å². The summed E-state index contributed by atoms with van der Waals surface area (Å²) >= 11 is 0. The molecule has 0 aliphatic carbocycles. The minimum atomic E-state index is -2.41. The highest BCUT2D eigenvalue weighted by molar-refractivity contribution is 6.93. The van der Waals surface area contributed by atoms with Crippen molar-refractivity contribution in [3.05, 3.63) is 0 Å². The number of hydrogen-bond donors (Lipinski definition) is 0. The van der Waals surface area contributed by atoms with E-state index in [2.05, 4.69) is 19.6 Å². The van der Waals surface area contributed by atoms with Crippen molar-refractivity contribution in [2.45, 2.75) is 40.4 Å². The predicted octanol–water partition coefficient (Wildman–Crippen LogP) is 1.99. The van der Waals surface area contributed by atoms with Crippen LogP contribution in [0.15, 0.2) is 0 Å². The third-order valence-electron chi connectivity index (χ3n) is 3.00. The highest BCUT2D eigenvalue weighted by Gasteiger charge is 2.57. The van der Waals surface area contributed by atoms with E-state index in [-0.39, 0.29) is 0 Å². The SMILES string of the molecule is CCOC[Si]1(C)O[Si](C)(COCC)O[Si](C)(COCC)O1. The number of rotatable bonds is 9. The standard InChI is InChI=1S/C12H30O6Si3/c1-7-13-10-19(4)16-20(5,11-14-8-2)18-21(6,17-19)12-15-9-3/h7-12H2,1-6H3. The van der Waals surface area contributed by atoms with Crippen LogP contribution in [0.25, 0.3) is 0 Å². The van der Waals surface area contributed by atoms with Gasteiger partial charge in [-0.25, -0.2) is 0 Å². The molecule has 0 unspecified atom stereocenters. The zero-order chi connectivity index (χ0) is 16.0. The summed E-state index contributed by atoms with van der Waals surface area (Å²) in [7, 11) is -7.24. The molecule has 6 nitrogen and oxygen atoms in total. The molecule has 21 heavy (non-hydrogen) atoms. The van der Waals surface area contributed by atoms with Crippen molar-refractivity contribution in [1.82, 2.24) is 0 Å². The summed E-state index contributed by atoms with van der Waals surface area (Å²) < 4.78 is 35.7. The quantitative estimate of drug-likeness (QED) is 0.590. The van der Waals surface area contributed by atoms with Crippen LogP contribution in [0.1, 0.15) is 20.8 Å². The maximum absolute atomic E-state index is 6.30. The lowest BCUT2D eigenvalue weighted by atomic mass is 10.9. The number of ether oxygens (including phenoxy) is 3. The van der Waals surface area contributed by atoms with Crippen LogP contribution in [0.5, 0.6) is 0 Å². The average molecular weight is 355 g/mol. The molecule has 1 saturated heterocycles. The molecular formula is C12H30O6Si3. The van der Waals surface area contributed by atoms with Crippen molar-refractivity contribution in [2.75, 3.05) is 38.5 Å². The molecule has 1 aliphatic rings. The third-order valence-corrected chi connectivity index (χ3v) is 15.5. The van der Waals surface area contributed by atoms with E-state index in [1.807, 2.05) is 20.8 Å². The lowest BCUT2D eigenvalue weighted by Gasteiger charge is -2.49. The molecule has 0 aromatic carbocycles. The van der Waals surface area contributed by atoms with Crippen LogP contribution >= 0.6 is 0 Å². The van der Waals surface area contributed by atoms with E-state index in [4.69, 9.17) is 26.6 Å². The molecule has 0 aromatic rings. The Morgan fingerprint density at radius 1 is 0.571 bits per heavy atom. The minimum absolute atomic E-state index is 0.524. The fourth-order valence-electron chi connectivity index (χ4n) is 2.47. The second-order valence-corrected chi connectivity index (χ2v) is 15.7. The first kappa shape index (κ1) is 19.5. The van der Waals surface area contributed by atoms with Crippen molar-refractivity contribution in [3.63, 3.8) is 0 Å². The van der Waals surface area contributed by atoms with Crippen LogP contribution in [0.4, 0.5) is 0 Å². The van der Waals surface area contributed by atoms with Gasteiger partial charge >= 0.3 is 25.7 Å². The van der Waals surface area contributed by atoms with Crippen molar-refractivity contribution in [1.29, 1.82) is 0 Å². The van der Waals surface area contributed by atoms with Crippen LogP contribution in [0.3, 0.4) is 0 Å². The lowest BCUT2D eigenvalue weighted by molar-refractivity contribution is 0.0970. The fraction of sp³-hybridized carbons (Fsp3) is 1.00. The Kier molecular flexibility index (Phi) is 7.70. The van der Waals surface area contributed by atoms with Gasteiger partial charge in [-0.3, -0.25) is 0 Å². The van der Waals surface area contributed by atoms with Gasteiger partial charge in [0.05, 0.1) is 18.7 Å². The highest BCUT2D eigenvalue weighted by Crippen LogP contribution is 2.31. The van der Waals surface area contributed by atoms with E-state index >= 15 is 0 Å². The monoisotopic (exact) mass is 354 g/mol. The molecule has 0 saturated carbocycles. The van der Waals surface area contributed by atoms with E-state index < -0.39 is 25.7 Å². The first-order valence-electron chi connectivity index (χ1n) is 7.64. The Morgan fingerprint density at radius 2 is 0.810 bits per heavy atom. The van der Waals surface area contributed by atoms with Gasteiger partial charge in [0.2, 0.25) is 0 Å². The average Bonchev–Trinajstić information content (AvgIpc) is 2.39. The third kappa shape index (κ3) is 6.20. The maximum atomic E-state index is 6.30. The molecule has 9 heteroatoms. The van der Waals surface area contributed by atoms with Gasteiger partial charge in [-0.1, -0.05) is 0 Å². The molecular weight excluding hydrogens is 324 g/mol. The molecule has 1 heterocycles. The molecule has 0 N–H and O–H groups in total. The van der Waals surface area contributed by atoms with E-state index in [0.29, 0.717) is 38.5 Å². The molecule has 126 valence electrons. The normalized spacial score (nSPS) is 36.9. The van der Waals surface area contributed by atoms with Gasteiger partial charge in [0.15, 0.2) is 0 Å². The molecule has 1 rings (SSSR count). The van der Waals surface area contributed by atoms with Crippen molar-refractivity contribution in [2.24, 2.45) is 0 Å². The van der Waals surface area contributed by atoms with Gasteiger partial charge in [-0.05, 0) is 40.4 Å². The zero-order valence-corrected chi connectivity index (χ0v) is 17.2. The molecule has 1 fully saturated rings. The first-order chi connectivity index (χ1) is 9.80. The van der Waals surface area contributed by atoms with Gasteiger partial charge in [-0.15, -0.1) is 0 Å². The molecule has 0 aromatic heterocycles. The van der Waals surface area contributed by atoms with Gasteiger partial charge in [-0.2, -0.15) is 0 Å². The highest BCUT2D eigenvalue weighted by atomic mass is 28.5. The zero-order valence-electron chi connectivity index (χ0n) is 14.2. The van der Waals surface area contributed by atoms with E-state index in [1.165, 1.54) is 0 Å². The maximum Gasteiger partial charge on any atom is 0.344 e. The number of hydrogen-bond acceptors (Lipinski definition) is 6. The first-order valence-corrected chi connectivity index (χ1v) is 15.2. The van der Waals surface area contributed by atoms with Gasteiger partial charge in [0.1, 0.15) is 0 Å². The summed E-state index contributed by atoms with van der Waals surface area (Å²) in [6.07, 6.45) is 1.57. The fourth-order valence-corrected chi connectivity index (χ4v) is 18.2. The predicted molar refractivity (Wildman–Crippen MR) is 87.6 cm³/mol. The summed E-state index contributed by atoms with van der Waals surface area (Å²) in [5.41, 5.74) is 0. The summed E-state index contributed by atoms with van der Waals surface area (Å²) in [4.78, 5) is 0. The molecule has 0 bridgehead atoms. The van der Waals surface area contributed by atoms with Crippen LogP contribution in [0.2, 0.25) is 19.6 Å². The van der Waals surface area contributed by atoms with Crippen LogP contribution in [-0.2, 0) is 26.6 Å². The van der Waals surface area contributed by atoms with Gasteiger partial charge < -0.3 is 26.6 Å². The molecule has 0 amide bonds. The smallest absolute Gasteiger partial charge is 0.344 e. The Labute approximate surface area is 131 Å². The van der Waals surface area contributed by atoms with Crippen LogP contribution in [-0.4, -0.2) is 64.2 Å². The Bertz CT molecular complexity index is 264. The summed E-state index contributed by atoms with van der Waals surface area (Å²) in [5, 5.41) is 0. The van der Waals surface area contributed by atoms with Crippen molar-refractivity contribution < 1.29 is 26.6 Å². The summed E-state index contributed by atoms with van der Waals surface area (Å²) in [6.45, 7) is 14.1. The molecule has 0 radical (unpaired) electrons. The second kappa shape index (κ2) is 8.32. The van der Waals surface area contributed by atoms with E-state index in [0.717, 1.165) is 0 Å². The van der Waals surface area contributed by atoms with Crippen LogP contribution in [0, 0.1) is 0 Å². The molecule has 1 aliphatic heterocycles. The van der Waals surface area contributed by atoms with Crippen LogP contribution < -0.4 is 0 Å². The van der Waals surface area contributed by atoms with Crippen molar-refractivity contribution >= 4 is 25.7 Å². The minimum Gasteiger partial charge on any atom is -0.413 e.